The van der Waals surface area contributed by atoms with Crippen LogP contribution in [0.5, 0.6) is 0 Å². The first-order valence-electron chi connectivity index (χ1n) is 6.36. The Balaban J connectivity index is 2.17. The number of halogens is 3. The summed E-state index contributed by atoms with van der Waals surface area (Å²) in [6, 6.07) is 3.16. The fourth-order valence-electron chi connectivity index (χ4n) is 2.22. The summed E-state index contributed by atoms with van der Waals surface area (Å²) >= 11 is 11.0. The second-order valence-electron chi connectivity index (χ2n) is 4.79. The number of aromatic nitrogens is 3. The molecule has 1 unspecified atom stereocenters. The number of alkyl halides is 1. The minimum atomic E-state index is -0.312. The highest BCUT2D eigenvalue weighted by molar-refractivity contribution is 9.10. The smallest absolute Gasteiger partial charge is 0.139 e. The Morgan fingerprint density at radius 1 is 1.48 bits per heavy atom. The molecule has 21 heavy (non-hydrogen) atoms. The summed E-state index contributed by atoms with van der Waals surface area (Å²) in [6.07, 6.45) is 1.83. The van der Waals surface area contributed by atoms with E-state index in [1.54, 1.807) is 17.4 Å². The predicted octanol–water partition coefficient (Wildman–Crippen LogP) is 5.05. The third-order valence-electron chi connectivity index (χ3n) is 3.14. The largest absolute Gasteiger partial charge is 0.320 e. The minimum Gasteiger partial charge on any atom is -0.320 e. The highest BCUT2D eigenvalue weighted by Gasteiger charge is 2.18. The molecule has 3 nitrogen and oxygen atoms in total. The normalized spacial score (nSPS) is 13.0. The third-order valence-corrected chi connectivity index (χ3v) is 4.84. The van der Waals surface area contributed by atoms with E-state index >= 15 is 0 Å². The molecule has 0 radical (unpaired) electrons. The SMILES string of the molecule is Cc1cnc(Cn2c(C(C)Cl)nc3cc(Br)c(F)cc32)s1. The van der Waals surface area contributed by atoms with Gasteiger partial charge in [0.1, 0.15) is 16.6 Å². The van der Waals surface area contributed by atoms with Crippen LogP contribution in [-0.4, -0.2) is 14.5 Å². The fourth-order valence-corrected chi connectivity index (χ4v) is 3.49. The monoisotopic (exact) mass is 387 g/mol. The van der Waals surface area contributed by atoms with E-state index in [0.29, 0.717) is 11.0 Å². The molecule has 2 heterocycles. The molecule has 0 bridgehead atoms. The minimum absolute atomic E-state index is 0.264. The van der Waals surface area contributed by atoms with Crippen molar-refractivity contribution in [2.24, 2.45) is 0 Å². The molecule has 0 amide bonds. The molecular weight excluding hydrogens is 377 g/mol. The number of hydrogen-bond donors (Lipinski definition) is 0. The van der Waals surface area contributed by atoms with E-state index in [2.05, 4.69) is 25.9 Å². The third kappa shape index (κ3) is 2.84. The molecule has 3 rings (SSSR count). The van der Waals surface area contributed by atoms with Crippen LogP contribution in [-0.2, 0) is 6.54 Å². The van der Waals surface area contributed by atoms with Crippen LogP contribution in [0.2, 0.25) is 0 Å². The number of rotatable bonds is 3. The zero-order chi connectivity index (χ0) is 15.1. The first-order chi connectivity index (χ1) is 9.95. The molecule has 0 aliphatic heterocycles. The second kappa shape index (κ2) is 5.66. The van der Waals surface area contributed by atoms with Gasteiger partial charge in [0.15, 0.2) is 0 Å². The number of fused-ring (bicyclic) bond motifs is 1. The molecule has 2 aromatic heterocycles. The van der Waals surface area contributed by atoms with Crippen molar-refractivity contribution in [1.29, 1.82) is 0 Å². The van der Waals surface area contributed by atoms with Gasteiger partial charge in [-0.2, -0.15) is 0 Å². The Labute approximate surface area is 138 Å². The van der Waals surface area contributed by atoms with Crippen molar-refractivity contribution in [3.63, 3.8) is 0 Å². The van der Waals surface area contributed by atoms with Gasteiger partial charge < -0.3 is 4.57 Å². The molecule has 0 spiro atoms. The predicted molar refractivity (Wildman–Crippen MR) is 87.6 cm³/mol. The van der Waals surface area contributed by atoms with E-state index in [9.17, 15) is 4.39 Å². The number of thiazole rings is 1. The Morgan fingerprint density at radius 3 is 2.86 bits per heavy atom. The number of hydrogen-bond acceptors (Lipinski definition) is 3. The second-order valence-corrected chi connectivity index (χ2v) is 7.62. The summed E-state index contributed by atoms with van der Waals surface area (Å²) in [5.74, 6) is 0.407. The molecule has 7 heteroatoms. The number of nitrogens with zero attached hydrogens (tertiary/aromatic N) is 3. The quantitative estimate of drug-likeness (QED) is 0.588. The summed E-state index contributed by atoms with van der Waals surface area (Å²) in [5.41, 5.74) is 1.45. The lowest BCUT2D eigenvalue weighted by Gasteiger charge is -2.08. The van der Waals surface area contributed by atoms with Crippen LogP contribution in [0.15, 0.2) is 22.8 Å². The van der Waals surface area contributed by atoms with Crippen molar-refractivity contribution in [1.82, 2.24) is 14.5 Å². The lowest BCUT2D eigenvalue weighted by molar-refractivity contribution is 0.621. The molecule has 3 aromatic rings. The average molecular weight is 389 g/mol. The van der Waals surface area contributed by atoms with Crippen LogP contribution in [0.4, 0.5) is 4.39 Å². The van der Waals surface area contributed by atoms with E-state index in [0.717, 1.165) is 26.7 Å². The molecule has 0 saturated heterocycles. The van der Waals surface area contributed by atoms with E-state index in [4.69, 9.17) is 11.6 Å². The molecule has 110 valence electrons. The van der Waals surface area contributed by atoms with Crippen LogP contribution in [0, 0.1) is 12.7 Å². The molecular formula is C14H12BrClFN3S. The van der Waals surface area contributed by atoms with Crippen LogP contribution in [0.1, 0.15) is 28.0 Å². The van der Waals surface area contributed by atoms with Gasteiger partial charge in [0, 0.05) is 17.1 Å². The number of aryl methyl sites for hydroxylation is 1. The van der Waals surface area contributed by atoms with Crippen LogP contribution >= 0.6 is 38.9 Å². The zero-order valence-electron chi connectivity index (χ0n) is 11.4. The Bertz CT molecular complexity index is 812. The Morgan fingerprint density at radius 2 is 2.24 bits per heavy atom. The van der Waals surface area contributed by atoms with E-state index < -0.39 is 0 Å². The summed E-state index contributed by atoms with van der Waals surface area (Å²) in [7, 11) is 0. The van der Waals surface area contributed by atoms with Gasteiger partial charge in [-0.15, -0.1) is 22.9 Å². The highest BCUT2D eigenvalue weighted by Crippen LogP contribution is 2.29. The first-order valence-corrected chi connectivity index (χ1v) is 8.41. The van der Waals surface area contributed by atoms with Gasteiger partial charge in [-0.25, -0.2) is 14.4 Å². The van der Waals surface area contributed by atoms with Crippen molar-refractivity contribution in [2.75, 3.05) is 0 Å². The number of benzene rings is 1. The molecule has 1 atom stereocenters. The topological polar surface area (TPSA) is 30.7 Å². The maximum Gasteiger partial charge on any atom is 0.139 e. The lowest BCUT2D eigenvalue weighted by atomic mass is 10.3. The molecule has 0 aliphatic rings. The Hall–Kier alpha value is -0.980. The van der Waals surface area contributed by atoms with Crippen molar-refractivity contribution < 1.29 is 4.39 Å². The molecule has 0 fully saturated rings. The van der Waals surface area contributed by atoms with Crippen LogP contribution in [0.25, 0.3) is 11.0 Å². The maximum atomic E-state index is 13.8. The van der Waals surface area contributed by atoms with Crippen molar-refractivity contribution in [3.05, 3.63) is 44.3 Å². The van der Waals surface area contributed by atoms with E-state index in [-0.39, 0.29) is 11.2 Å². The summed E-state index contributed by atoms with van der Waals surface area (Å²) in [6.45, 7) is 4.41. The van der Waals surface area contributed by atoms with Crippen molar-refractivity contribution >= 4 is 49.9 Å². The standard InChI is InChI=1S/C14H12BrClFN3S/c1-7-5-18-13(21-7)6-20-12-4-10(17)9(15)3-11(12)19-14(20)8(2)16/h3-5,8H,6H2,1-2H3. The van der Waals surface area contributed by atoms with Gasteiger partial charge in [-0.1, -0.05) is 0 Å². The van der Waals surface area contributed by atoms with Gasteiger partial charge in [0.25, 0.3) is 0 Å². The average Bonchev–Trinajstić information content (AvgIpc) is 2.96. The summed E-state index contributed by atoms with van der Waals surface area (Å²) < 4.78 is 16.2. The molecule has 0 aliphatic carbocycles. The number of imidazole rings is 1. The highest BCUT2D eigenvalue weighted by atomic mass is 79.9. The fraction of sp³-hybridized carbons (Fsp3) is 0.286. The van der Waals surface area contributed by atoms with Crippen LogP contribution in [0.3, 0.4) is 0 Å². The molecule has 0 N–H and O–H groups in total. The van der Waals surface area contributed by atoms with Gasteiger partial charge in [0.05, 0.1) is 27.4 Å². The first kappa shape index (κ1) is 14.9. The summed E-state index contributed by atoms with van der Waals surface area (Å²) in [4.78, 5) is 10.0. The van der Waals surface area contributed by atoms with Gasteiger partial charge in [0.2, 0.25) is 0 Å². The van der Waals surface area contributed by atoms with Crippen LogP contribution < -0.4 is 0 Å². The van der Waals surface area contributed by atoms with E-state index in [1.807, 2.05) is 24.6 Å². The Kier molecular flexibility index (Phi) is 4.03. The van der Waals surface area contributed by atoms with Gasteiger partial charge >= 0.3 is 0 Å². The van der Waals surface area contributed by atoms with Gasteiger partial charge in [-0.05, 0) is 35.8 Å². The maximum absolute atomic E-state index is 13.8. The molecule has 0 saturated carbocycles. The molecule has 1 aromatic carbocycles. The van der Waals surface area contributed by atoms with Gasteiger partial charge in [-0.3, -0.25) is 0 Å². The van der Waals surface area contributed by atoms with Crippen molar-refractivity contribution in [2.45, 2.75) is 25.8 Å². The van der Waals surface area contributed by atoms with E-state index in [1.165, 1.54) is 6.07 Å². The summed E-state index contributed by atoms with van der Waals surface area (Å²) in [5, 5.41) is 0.689. The van der Waals surface area contributed by atoms with Crippen molar-refractivity contribution in [3.8, 4) is 0 Å². The lowest BCUT2D eigenvalue weighted by Crippen LogP contribution is -2.05. The zero-order valence-corrected chi connectivity index (χ0v) is 14.6.